The molecule has 0 bridgehead atoms. The van der Waals surface area contributed by atoms with Gasteiger partial charge in [-0.1, -0.05) is 78.9 Å². The Balaban J connectivity index is 0.000000215. The smallest absolute Gasteiger partial charge is 0.368 e. The highest BCUT2D eigenvalue weighted by molar-refractivity contribution is 7.20. The molecule has 0 saturated heterocycles. The number of carbonyl (C=O) groups is 2. The molecule has 0 fully saturated rings. The summed E-state index contributed by atoms with van der Waals surface area (Å²) in [6, 6.07) is 26.7. The van der Waals surface area contributed by atoms with Gasteiger partial charge in [0, 0.05) is 16.3 Å². The maximum absolute atomic E-state index is 15.4. The molecular formula is C51H19BF20N2O3. The van der Waals surface area contributed by atoms with Crippen LogP contribution in [0.2, 0.25) is 0 Å². The third-order valence-electron chi connectivity index (χ3n) is 12.0. The fourth-order valence-corrected chi connectivity index (χ4v) is 8.62. The summed E-state index contributed by atoms with van der Waals surface area (Å²) in [6.07, 6.45) is -2.53. The number of ketones is 1. The van der Waals surface area contributed by atoms with E-state index in [0.717, 1.165) is 21.5 Å². The van der Waals surface area contributed by atoms with Gasteiger partial charge >= 0.3 is 5.97 Å². The van der Waals surface area contributed by atoms with E-state index >= 15 is 35.1 Å². The average Bonchev–Trinajstić information content (AvgIpc) is 3.59. The lowest BCUT2D eigenvalue weighted by Gasteiger charge is -2.44. The van der Waals surface area contributed by atoms with Crippen LogP contribution in [0.4, 0.5) is 87.8 Å². The van der Waals surface area contributed by atoms with Crippen LogP contribution in [0.3, 0.4) is 0 Å². The predicted octanol–water partition coefficient (Wildman–Crippen LogP) is 10.6. The Morgan fingerprint density at radius 2 is 0.727 bits per heavy atom. The fraction of sp³-hybridized carbons (Fsp3) is 0.0196. The van der Waals surface area contributed by atoms with E-state index in [0.29, 0.717) is 11.3 Å². The first-order chi connectivity index (χ1) is 36.4. The third-order valence-corrected chi connectivity index (χ3v) is 12.0. The molecule has 9 aromatic rings. The molecule has 0 aliphatic carbocycles. The molecule has 9 rings (SSSR count). The first kappa shape index (κ1) is 54.4. The van der Waals surface area contributed by atoms with Gasteiger partial charge in [-0.3, -0.25) is 4.79 Å². The topological polar surface area (TPSA) is 60.1 Å². The van der Waals surface area contributed by atoms with Crippen molar-refractivity contribution in [2.75, 3.05) is 0 Å². The van der Waals surface area contributed by atoms with E-state index in [2.05, 4.69) is 11.1 Å². The number of ether oxygens (including phenoxy) is 1. The number of carbonyl (C=O) groups excluding carboxylic acids is 2. The highest BCUT2D eigenvalue weighted by atomic mass is 19.2. The summed E-state index contributed by atoms with van der Waals surface area (Å²) in [5, 5.41) is 3.67. The second-order valence-electron chi connectivity index (χ2n) is 16.2. The van der Waals surface area contributed by atoms with Gasteiger partial charge in [-0.05, 0) is 16.8 Å². The number of aromatic nitrogens is 2. The van der Waals surface area contributed by atoms with E-state index in [9.17, 15) is 62.3 Å². The summed E-state index contributed by atoms with van der Waals surface area (Å²) in [5.74, 6) is -71.5. The van der Waals surface area contributed by atoms with E-state index in [1.807, 2.05) is 66.7 Å². The summed E-state index contributed by atoms with van der Waals surface area (Å²) >= 11 is 0. The SMILES string of the molecule is Fc1c(F)c(F)c([B-](c2c(F)c(F)c(F)c(F)c2F)(c2c(F)c(F)c(F)c(F)c2F)c2c(F)c(F)c(F)c(F)c2F)c(F)c1F.O=C(C[n+]1ccnc(C(=O)Oc2c3ccccc3cc3ccccc23)c1)c1ccccc1. The Morgan fingerprint density at radius 1 is 0.416 bits per heavy atom. The van der Waals surface area contributed by atoms with Crippen molar-refractivity contribution in [1.82, 2.24) is 4.98 Å². The average molecular weight is 1100 g/mol. The Hall–Kier alpha value is -8.84. The molecule has 0 aliphatic heterocycles. The minimum absolute atomic E-state index is 0.0545. The van der Waals surface area contributed by atoms with Gasteiger partial charge in [-0.2, -0.15) is 4.57 Å². The van der Waals surface area contributed by atoms with E-state index in [4.69, 9.17) is 4.74 Å². The fourth-order valence-electron chi connectivity index (χ4n) is 8.62. The number of nitrogens with zero attached hydrogens (tertiary/aromatic N) is 2. The van der Waals surface area contributed by atoms with Crippen molar-refractivity contribution >= 4 is 61.3 Å². The predicted molar refractivity (Wildman–Crippen MR) is 231 cm³/mol. The second-order valence-corrected chi connectivity index (χ2v) is 16.2. The van der Waals surface area contributed by atoms with Crippen LogP contribution in [0.15, 0.2) is 104 Å². The van der Waals surface area contributed by atoms with Gasteiger partial charge < -0.3 is 4.74 Å². The van der Waals surface area contributed by atoms with Crippen molar-refractivity contribution in [3.05, 3.63) is 231 Å². The van der Waals surface area contributed by atoms with Gasteiger partial charge in [0.1, 0.15) is 58.4 Å². The number of esters is 1. The minimum atomic E-state index is -7.22. The summed E-state index contributed by atoms with van der Waals surface area (Å²) in [6.45, 7) is 0.101. The molecule has 0 saturated carbocycles. The first-order valence-corrected chi connectivity index (χ1v) is 21.2. The van der Waals surface area contributed by atoms with Crippen LogP contribution in [0.5, 0.6) is 5.75 Å². The maximum Gasteiger partial charge on any atom is 0.368 e. The summed E-state index contributed by atoms with van der Waals surface area (Å²) in [4.78, 5) is 29.7. The Kier molecular flexibility index (Phi) is 14.6. The largest absolute Gasteiger partial charge is 0.420 e. The monoisotopic (exact) mass is 1100 g/mol. The molecule has 5 nitrogen and oxygen atoms in total. The molecule has 1 heterocycles. The molecule has 0 atom stereocenters. The van der Waals surface area contributed by atoms with Gasteiger partial charge in [0.15, 0.2) is 76.0 Å². The molecule has 0 unspecified atom stereocenters. The number of fused-ring (bicyclic) bond motifs is 2. The van der Waals surface area contributed by atoms with Crippen molar-refractivity contribution < 1.29 is 107 Å². The highest BCUT2D eigenvalue weighted by Crippen LogP contribution is 2.36. The third kappa shape index (κ3) is 8.89. The maximum atomic E-state index is 15.4. The molecule has 77 heavy (non-hydrogen) atoms. The van der Waals surface area contributed by atoms with E-state index in [1.165, 1.54) is 12.4 Å². The molecule has 1 aromatic heterocycles. The Labute approximate surface area is 415 Å². The van der Waals surface area contributed by atoms with Crippen LogP contribution < -0.4 is 31.2 Å². The van der Waals surface area contributed by atoms with Gasteiger partial charge in [0.05, 0.1) is 6.20 Å². The van der Waals surface area contributed by atoms with Gasteiger partial charge in [-0.15, -0.1) is 21.9 Å². The molecule has 0 N–H and O–H groups in total. The summed E-state index contributed by atoms with van der Waals surface area (Å²) in [7, 11) is 0. The van der Waals surface area contributed by atoms with Crippen molar-refractivity contribution in [3.63, 3.8) is 0 Å². The summed E-state index contributed by atoms with van der Waals surface area (Å²) < 4.78 is 301. The molecule has 0 radical (unpaired) electrons. The molecule has 0 spiro atoms. The quantitative estimate of drug-likeness (QED) is 0.0166. The van der Waals surface area contributed by atoms with Gasteiger partial charge in [0.25, 0.3) is 0 Å². The van der Waals surface area contributed by atoms with E-state index in [1.54, 1.807) is 22.9 Å². The molecule has 0 aliphatic rings. The highest BCUT2D eigenvalue weighted by Gasteiger charge is 2.52. The van der Waals surface area contributed by atoms with Crippen LogP contribution in [0.25, 0.3) is 21.5 Å². The van der Waals surface area contributed by atoms with Crippen LogP contribution >= 0.6 is 0 Å². The van der Waals surface area contributed by atoms with E-state index < -0.39 is 150 Å². The zero-order valence-corrected chi connectivity index (χ0v) is 37.3. The minimum Gasteiger partial charge on any atom is -0.420 e. The number of hydrogen-bond acceptors (Lipinski definition) is 4. The zero-order chi connectivity index (χ0) is 56.3. The number of Topliss-reactive ketones (excluding diaryl/α,β-unsaturated/α-hetero) is 1. The van der Waals surface area contributed by atoms with Crippen molar-refractivity contribution in [3.8, 4) is 5.75 Å². The molecule has 26 heteroatoms. The van der Waals surface area contributed by atoms with Crippen LogP contribution in [-0.4, -0.2) is 22.9 Å². The lowest BCUT2D eigenvalue weighted by atomic mass is 9.12. The number of halogens is 20. The first-order valence-electron chi connectivity index (χ1n) is 21.2. The Morgan fingerprint density at radius 3 is 1.08 bits per heavy atom. The summed E-state index contributed by atoms with van der Waals surface area (Å²) in [5.41, 5.74) is -13.6. The standard InChI is InChI=1S/C27H19N2O3.C24BF20/c30-25(19-8-2-1-3-9-19)18-29-15-14-28-24(17-29)27(31)32-26-22-12-6-4-10-20(22)16-21-11-5-7-13-23(21)26;26-5-1(6(27)14(35)21(42)13(5)34)25(2-7(28)15(36)22(43)16(37)8(2)29,3-9(30)17(38)23(44)18(39)10(3)31)4-11(32)19(40)24(45)20(41)12(4)33/h1-17H,18H2;/q+1;-1. The van der Waals surface area contributed by atoms with Crippen molar-refractivity contribution in [2.45, 2.75) is 6.54 Å². The second kappa shape index (κ2) is 20.7. The number of benzene rings is 8. The lowest BCUT2D eigenvalue weighted by molar-refractivity contribution is -0.683. The molecular weight excluding hydrogens is 1080 g/mol. The normalized spacial score (nSPS) is 11.5. The van der Waals surface area contributed by atoms with Crippen molar-refractivity contribution in [2.24, 2.45) is 0 Å². The molecule has 0 amide bonds. The van der Waals surface area contributed by atoms with Crippen LogP contribution in [-0.2, 0) is 6.54 Å². The Bertz CT molecular complexity index is 3510. The number of rotatable bonds is 9. The molecule has 8 aromatic carbocycles. The number of hydrogen-bond donors (Lipinski definition) is 0. The van der Waals surface area contributed by atoms with Gasteiger partial charge in [-0.25, -0.2) is 97.6 Å². The van der Waals surface area contributed by atoms with E-state index in [-0.39, 0.29) is 18.0 Å². The lowest BCUT2D eigenvalue weighted by Crippen LogP contribution is -2.81. The van der Waals surface area contributed by atoms with Crippen LogP contribution in [0, 0.1) is 116 Å². The zero-order valence-electron chi connectivity index (χ0n) is 37.3. The van der Waals surface area contributed by atoms with Crippen LogP contribution in [0.1, 0.15) is 20.8 Å². The van der Waals surface area contributed by atoms with Crippen molar-refractivity contribution in [1.29, 1.82) is 0 Å². The van der Waals surface area contributed by atoms with Gasteiger partial charge in [0.2, 0.25) is 24.2 Å². The molecule has 394 valence electrons.